The molecule has 1 aliphatic rings. The summed E-state index contributed by atoms with van der Waals surface area (Å²) in [4.78, 5) is 17.3. The molecule has 1 aliphatic heterocycles. The van der Waals surface area contributed by atoms with Crippen LogP contribution in [0.25, 0.3) is 0 Å². The maximum Gasteiger partial charge on any atom is 0.296 e. The van der Waals surface area contributed by atoms with Gasteiger partial charge in [-0.15, -0.1) is 5.10 Å². The molecule has 0 saturated carbocycles. The molecular weight excluding hydrogens is 436 g/mol. The predicted molar refractivity (Wildman–Crippen MR) is 120 cm³/mol. The fourth-order valence-corrected chi connectivity index (χ4v) is 4.35. The third-order valence-electron chi connectivity index (χ3n) is 5.80. The van der Waals surface area contributed by atoms with Crippen molar-refractivity contribution in [3.8, 4) is 5.19 Å². The van der Waals surface area contributed by atoms with Crippen molar-refractivity contribution >= 4 is 34.0 Å². The highest BCUT2D eigenvalue weighted by molar-refractivity contribution is 7.17. The molecule has 2 atom stereocenters. The molecule has 1 aromatic carbocycles. The molecule has 1 N–H and O–H groups in total. The molecule has 0 bridgehead atoms. The van der Waals surface area contributed by atoms with Crippen LogP contribution in [0.15, 0.2) is 42.7 Å². The molecule has 3 heterocycles. The number of anilines is 1. The van der Waals surface area contributed by atoms with Crippen LogP contribution in [0.4, 0.5) is 5.13 Å². The molecule has 2 aromatic heterocycles. The first-order valence-corrected chi connectivity index (χ1v) is 11.2. The minimum absolute atomic E-state index is 0.187. The first-order valence-electron chi connectivity index (χ1n) is 10.00. The summed E-state index contributed by atoms with van der Waals surface area (Å²) in [5.74, 6) is 0.0316. The second kappa shape index (κ2) is 9.30. The van der Waals surface area contributed by atoms with Gasteiger partial charge in [-0.3, -0.25) is 15.1 Å². The van der Waals surface area contributed by atoms with E-state index in [0.717, 1.165) is 17.5 Å². The van der Waals surface area contributed by atoms with Gasteiger partial charge in [0.15, 0.2) is 0 Å². The lowest BCUT2D eigenvalue weighted by Crippen LogP contribution is -2.40. The number of hydrogen-bond donors (Lipinski definition) is 1. The number of amides is 1. The molecule has 3 aromatic rings. The van der Waals surface area contributed by atoms with E-state index in [1.165, 1.54) is 11.3 Å². The van der Waals surface area contributed by atoms with Gasteiger partial charge in [-0.25, -0.2) is 0 Å². The average Bonchev–Trinajstić information content (AvgIpc) is 3.23. The van der Waals surface area contributed by atoms with Crippen molar-refractivity contribution in [3.05, 3.63) is 64.4 Å². The van der Waals surface area contributed by atoms with Gasteiger partial charge in [0.2, 0.25) is 5.13 Å². The molecule has 31 heavy (non-hydrogen) atoms. The Morgan fingerprint density at radius 2 is 2.13 bits per heavy atom. The first kappa shape index (κ1) is 21.7. The maximum absolute atomic E-state index is 13.1. The summed E-state index contributed by atoms with van der Waals surface area (Å²) < 4.78 is 11.3. The molecule has 0 aliphatic carbocycles. The van der Waals surface area contributed by atoms with Crippen molar-refractivity contribution < 1.29 is 14.3 Å². The Morgan fingerprint density at radius 3 is 2.90 bits per heavy atom. The number of carbonyl (C=O) groups excluding carboxylic acids is 1. The van der Waals surface area contributed by atoms with E-state index in [-0.39, 0.29) is 17.2 Å². The Hall–Kier alpha value is -2.55. The van der Waals surface area contributed by atoms with E-state index in [2.05, 4.69) is 34.3 Å². The lowest BCUT2D eigenvalue weighted by Gasteiger charge is -2.40. The predicted octanol–water partition coefficient (Wildman–Crippen LogP) is 4.73. The maximum atomic E-state index is 13.1. The second-order valence-corrected chi connectivity index (χ2v) is 9.18. The fraction of sp³-hybridized carbons (Fsp3) is 0.364. The number of benzene rings is 1. The van der Waals surface area contributed by atoms with Gasteiger partial charge in [0.05, 0.1) is 0 Å². The monoisotopic (exact) mass is 458 g/mol. The molecular formula is C22H23ClN4O3S. The number of nitrogens with zero attached hydrogens (tertiary/aromatic N) is 3. The van der Waals surface area contributed by atoms with Crippen LogP contribution in [-0.4, -0.2) is 34.3 Å². The Morgan fingerprint density at radius 1 is 1.32 bits per heavy atom. The van der Waals surface area contributed by atoms with E-state index < -0.39 is 0 Å². The van der Waals surface area contributed by atoms with E-state index in [9.17, 15) is 4.79 Å². The van der Waals surface area contributed by atoms with Gasteiger partial charge in [0.1, 0.15) is 6.61 Å². The number of rotatable bonds is 6. The summed E-state index contributed by atoms with van der Waals surface area (Å²) in [7, 11) is 0. The minimum Gasteiger partial charge on any atom is -0.464 e. The molecule has 1 amide bonds. The van der Waals surface area contributed by atoms with Crippen molar-refractivity contribution in [2.24, 2.45) is 5.92 Å². The second-order valence-electron chi connectivity index (χ2n) is 7.81. The standard InChI is InChI=1S/C22H23ClN4O3S/c1-14-12-29-10-8-22(14,2)18-11-24-9-7-17(18)19(28)25-20-26-27-21(31-20)30-13-15-3-5-16(23)6-4-15/h3-7,9,11,14H,8,10,12-13H2,1-2H3,(H,25,26,28)/t14?,22-/m0/s1. The lowest BCUT2D eigenvalue weighted by atomic mass is 9.68. The number of halogens is 1. The third kappa shape index (κ3) is 4.87. The molecule has 162 valence electrons. The van der Waals surface area contributed by atoms with Crippen LogP contribution in [0.1, 0.15) is 41.8 Å². The molecule has 1 saturated heterocycles. The van der Waals surface area contributed by atoms with Crippen LogP contribution in [0.2, 0.25) is 5.02 Å². The quantitative estimate of drug-likeness (QED) is 0.574. The van der Waals surface area contributed by atoms with Crippen molar-refractivity contribution in [2.45, 2.75) is 32.3 Å². The zero-order valence-corrected chi connectivity index (χ0v) is 18.9. The summed E-state index contributed by atoms with van der Waals surface area (Å²) in [6, 6.07) is 9.12. The van der Waals surface area contributed by atoms with Gasteiger partial charge in [0, 0.05) is 41.6 Å². The SMILES string of the molecule is CC1COCC[C@]1(C)c1cnccc1C(=O)Nc1nnc(OCc2ccc(Cl)cc2)s1. The van der Waals surface area contributed by atoms with Crippen LogP contribution < -0.4 is 10.1 Å². The molecule has 4 rings (SSSR count). The highest BCUT2D eigenvalue weighted by Gasteiger charge is 2.38. The smallest absolute Gasteiger partial charge is 0.296 e. The number of ether oxygens (including phenoxy) is 2. The summed E-state index contributed by atoms with van der Waals surface area (Å²) in [6.45, 7) is 5.98. The van der Waals surface area contributed by atoms with E-state index in [1.807, 2.05) is 12.1 Å². The fourth-order valence-electron chi connectivity index (χ4n) is 3.63. The number of nitrogens with one attached hydrogen (secondary N) is 1. The average molecular weight is 459 g/mol. The minimum atomic E-state index is -0.238. The van der Waals surface area contributed by atoms with Gasteiger partial charge in [-0.2, -0.15) is 0 Å². The van der Waals surface area contributed by atoms with Crippen LogP contribution in [0.3, 0.4) is 0 Å². The van der Waals surface area contributed by atoms with Crippen molar-refractivity contribution in [1.82, 2.24) is 15.2 Å². The number of pyridine rings is 1. The normalized spacial score (nSPS) is 20.9. The van der Waals surface area contributed by atoms with Crippen LogP contribution in [0.5, 0.6) is 5.19 Å². The van der Waals surface area contributed by atoms with Gasteiger partial charge in [0.25, 0.3) is 11.1 Å². The van der Waals surface area contributed by atoms with Crippen LogP contribution in [-0.2, 0) is 16.8 Å². The van der Waals surface area contributed by atoms with Gasteiger partial charge < -0.3 is 9.47 Å². The number of aromatic nitrogens is 3. The van der Waals surface area contributed by atoms with Crippen LogP contribution in [0, 0.1) is 5.92 Å². The zero-order valence-electron chi connectivity index (χ0n) is 17.3. The third-order valence-corrected chi connectivity index (χ3v) is 6.81. The molecule has 0 radical (unpaired) electrons. The lowest BCUT2D eigenvalue weighted by molar-refractivity contribution is 0.0121. The van der Waals surface area contributed by atoms with E-state index in [4.69, 9.17) is 21.1 Å². The molecule has 9 heteroatoms. The van der Waals surface area contributed by atoms with Crippen molar-refractivity contribution in [3.63, 3.8) is 0 Å². The van der Waals surface area contributed by atoms with Gasteiger partial charge >= 0.3 is 0 Å². The summed E-state index contributed by atoms with van der Waals surface area (Å²) in [5, 5.41) is 12.3. The van der Waals surface area contributed by atoms with Crippen molar-refractivity contribution in [2.75, 3.05) is 18.5 Å². The van der Waals surface area contributed by atoms with E-state index >= 15 is 0 Å². The highest BCUT2D eigenvalue weighted by atomic mass is 35.5. The van der Waals surface area contributed by atoms with Gasteiger partial charge in [-0.05, 0) is 53.0 Å². The summed E-state index contributed by atoms with van der Waals surface area (Å²) in [5.41, 5.74) is 2.29. The van der Waals surface area contributed by atoms with E-state index in [0.29, 0.717) is 40.7 Å². The zero-order chi connectivity index (χ0) is 21.8. The molecule has 1 fully saturated rings. The van der Waals surface area contributed by atoms with E-state index in [1.54, 1.807) is 30.6 Å². The number of carbonyl (C=O) groups is 1. The topological polar surface area (TPSA) is 86.2 Å². The molecule has 0 spiro atoms. The van der Waals surface area contributed by atoms with Gasteiger partial charge in [-0.1, -0.05) is 42.7 Å². The number of hydrogen-bond acceptors (Lipinski definition) is 7. The Kier molecular flexibility index (Phi) is 6.50. The molecule has 7 nitrogen and oxygen atoms in total. The van der Waals surface area contributed by atoms with Crippen LogP contribution >= 0.6 is 22.9 Å². The Bertz CT molecular complexity index is 1060. The first-order chi connectivity index (χ1) is 15.0. The Balaban J connectivity index is 1.45. The summed E-state index contributed by atoms with van der Waals surface area (Å²) >= 11 is 7.08. The van der Waals surface area contributed by atoms with Crippen molar-refractivity contribution in [1.29, 1.82) is 0 Å². The summed E-state index contributed by atoms with van der Waals surface area (Å²) in [6.07, 6.45) is 4.26. The highest BCUT2D eigenvalue weighted by Crippen LogP contribution is 2.40. The molecule has 1 unspecified atom stereocenters. The Labute approximate surface area is 189 Å². The largest absolute Gasteiger partial charge is 0.464 e.